The van der Waals surface area contributed by atoms with Gasteiger partial charge >= 0.3 is 0 Å². The Morgan fingerprint density at radius 2 is 1.51 bits per heavy atom. The molecule has 2 aromatic carbocycles. The van der Waals surface area contributed by atoms with Crippen molar-refractivity contribution in [2.45, 2.75) is 24.3 Å². The van der Waals surface area contributed by atoms with Gasteiger partial charge in [0, 0.05) is 38.1 Å². The van der Waals surface area contributed by atoms with Gasteiger partial charge in [-0.1, -0.05) is 36.4 Å². The SMILES string of the molecule is O=S(=O)(Nc1cccc2ccc(CN3CCCNCCNCCCNCC3)nc12)c1ccccc1. The summed E-state index contributed by atoms with van der Waals surface area (Å²) in [6.07, 6.45) is 2.18. The van der Waals surface area contributed by atoms with Crippen molar-refractivity contribution < 1.29 is 8.42 Å². The van der Waals surface area contributed by atoms with Crippen LogP contribution in [0.15, 0.2) is 65.6 Å². The minimum atomic E-state index is -3.69. The Morgan fingerprint density at radius 3 is 2.31 bits per heavy atom. The number of fused-ring (bicyclic) bond motifs is 1. The van der Waals surface area contributed by atoms with Crippen LogP contribution in [0.1, 0.15) is 18.5 Å². The quantitative estimate of drug-likeness (QED) is 0.431. The van der Waals surface area contributed by atoms with E-state index in [9.17, 15) is 8.42 Å². The fraction of sp³-hybridized carbons (Fsp3) is 0.423. The van der Waals surface area contributed by atoms with Crippen molar-refractivity contribution in [1.82, 2.24) is 25.8 Å². The third-order valence-corrected chi connectivity index (χ3v) is 7.46. The highest BCUT2D eigenvalue weighted by molar-refractivity contribution is 7.92. The lowest BCUT2D eigenvalue weighted by Crippen LogP contribution is -2.36. The molecule has 1 fully saturated rings. The molecule has 188 valence electrons. The zero-order chi connectivity index (χ0) is 24.3. The zero-order valence-corrected chi connectivity index (χ0v) is 21.0. The molecule has 0 amide bonds. The molecule has 4 N–H and O–H groups in total. The van der Waals surface area contributed by atoms with Gasteiger partial charge in [0.2, 0.25) is 0 Å². The summed E-state index contributed by atoms with van der Waals surface area (Å²) in [5.74, 6) is 0. The summed E-state index contributed by atoms with van der Waals surface area (Å²) in [4.78, 5) is 7.54. The first kappa shape index (κ1) is 25.5. The minimum Gasteiger partial charge on any atom is -0.315 e. The lowest BCUT2D eigenvalue weighted by Gasteiger charge is -2.23. The lowest BCUT2D eigenvalue weighted by molar-refractivity contribution is 0.257. The number of aromatic nitrogens is 1. The predicted octanol–water partition coefficient (Wildman–Crippen LogP) is 2.40. The number of para-hydroxylation sites is 1. The smallest absolute Gasteiger partial charge is 0.261 e. The summed E-state index contributed by atoms with van der Waals surface area (Å²) in [7, 11) is -3.69. The van der Waals surface area contributed by atoms with Crippen LogP contribution in [-0.4, -0.2) is 70.7 Å². The molecule has 0 aliphatic carbocycles. The van der Waals surface area contributed by atoms with Crippen LogP contribution in [0.4, 0.5) is 5.69 Å². The van der Waals surface area contributed by atoms with Gasteiger partial charge in [0.15, 0.2) is 0 Å². The Morgan fingerprint density at radius 1 is 0.771 bits per heavy atom. The fourth-order valence-corrected chi connectivity index (χ4v) is 5.30. The first-order chi connectivity index (χ1) is 17.1. The molecule has 4 rings (SSSR count). The van der Waals surface area contributed by atoms with E-state index in [1.807, 2.05) is 24.3 Å². The van der Waals surface area contributed by atoms with E-state index >= 15 is 0 Å². The van der Waals surface area contributed by atoms with Crippen LogP contribution in [0.5, 0.6) is 0 Å². The van der Waals surface area contributed by atoms with E-state index in [1.165, 1.54) is 0 Å². The summed E-state index contributed by atoms with van der Waals surface area (Å²) in [5, 5.41) is 11.4. The Labute approximate surface area is 208 Å². The average Bonchev–Trinajstić information content (AvgIpc) is 2.87. The van der Waals surface area contributed by atoms with Crippen molar-refractivity contribution in [3.8, 4) is 0 Å². The summed E-state index contributed by atoms with van der Waals surface area (Å²) < 4.78 is 28.6. The standard InChI is InChI=1S/C26H36N6O2S/c33-35(34,24-8-2-1-3-9-24)31-25-10-4-7-22-11-12-23(30-26(22)25)21-32-19-6-15-28-17-16-27-13-5-14-29-18-20-32/h1-4,7-12,27-29,31H,5-6,13-21H2. The second-order valence-corrected chi connectivity index (χ2v) is 10.5. The first-order valence-electron chi connectivity index (χ1n) is 12.4. The van der Waals surface area contributed by atoms with Gasteiger partial charge in [-0.05, 0) is 63.3 Å². The van der Waals surface area contributed by atoms with E-state index in [-0.39, 0.29) is 4.90 Å². The normalized spacial score (nSPS) is 17.6. The van der Waals surface area contributed by atoms with Crippen LogP contribution in [0, 0.1) is 0 Å². The van der Waals surface area contributed by atoms with E-state index < -0.39 is 10.0 Å². The monoisotopic (exact) mass is 496 g/mol. The molecule has 8 nitrogen and oxygen atoms in total. The molecule has 1 aliphatic heterocycles. The Hall–Kier alpha value is -2.56. The highest BCUT2D eigenvalue weighted by Crippen LogP contribution is 2.25. The maximum atomic E-state index is 12.9. The predicted molar refractivity (Wildman–Crippen MR) is 142 cm³/mol. The van der Waals surface area contributed by atoms with Crippen molar-refractivity contribution >= 4 is 26.6 Å². The number of sulfonamides is 1. The Bertz CT molecular complexity index is 1160. The summed E-state index contributed by atoms with van der Waals surface area (Å²) in [5.41, 5.74) is 2.09. The largest absolute Gasteiger partial charge is 0.315 e. The fourth-order valence-electron chi connectivity index (χ4n) is 4.22. The molecule has 0 saturated carbocycles. The van der Waals surface area contributed by atoms with Crippen molar-refractivity contribution in [2.75, 3.05) is 57.1 Å². The number of hydrogen-bond acceptors (Lipinski definition) is 7. The molecule has 1 aromatic heterocycles. The molecule has 9 heteroatoms. The number of anilines is 1. The number of rotatable bonds is 5. The number of hydrogen-bond donors (Lipinski definition) is 4. The van der Waals surface area contributed by atoms with Crippen LogP contribution in [0.2, 0.25) is 0 Å². The molecule has 0 spiro atoms. The number of pyridine rings is 1. The van der Waals surface area contributed by atoms with Gasteiger partial charge in [-0.15, -0.1) is 0 Å². The van der Waals surface area contributed by atoms with Gasteiger partial charge in [0.1, 0.15) is 0 Å². The summed E-state index contributed by atoms with van der Waals surface area (Å²) in [6, 6.07) is 18.1. The van der Waals surface area contributed by atoms with Crippen LogP contribution in [0.3, 0.4) is 0 Å². The lowest BCUT2D eigenvalue weighted by atomic mass is 10.1. The molecule has 0 radical (unpaired) electrons. The highest BCUT2D eigenvalue weighted by Gasteiger charge is 2.16. The van der Waals surface area contributed by atoms with Gasteiger partial charge in [0.25, 0.3) is 10.0 Å². The van der Waals surface area contributed by atoms with E-state index in [1.54, 1.807) is 36.4 Å². The van der Waals surface area contributed by atoms with Crippen molar-refractivity contribution in [3.05, 3.63) is 66.4 Å². The van der Waals surface area contributed by atoms with E-state index in [2.05, 4.69) is 25.6 Å². The van der Waals surface area contributed by atoms with Crippen molar-refractivity contribution in [3.63, 3.8) is 0 Å². The van der Waals surface area contributed by atoms with Crippen molar-refractivity contribution in [1.29, 1.82) is 0 Å². The van der Waals surface area contributed by atoms with Crippen LogP contribution in [0.25, 0.3) is 10.9 Å². The summed E-state index contributed by atoms with van der Waals surface area (Å²) in [6.45, 7) is 8.59. The van der Waals surface area contributed by atoms with Gasteiger partial charge < -0.3 is 16.0 Å². The first-order valence-corrected chi connectivity index (χ1v) is 13.9. The van der Waals surface area contributed by atoms with Gasteiger partial charge in [0.05, 0.1) is 21.8 Å². The molecule has 0 atom stereocenters. The van der Waals surface area contributed by atoms with Crippen molar-refractivity contribution in [2.24, 2.45) is 0 Å². The molecule has 1 aliphatic rings. The van der Waals surface area contributed by atoms with Gasteiger partial charge in [-0.2, -0.15) is 0 Å². The summed E-state index contributed by atoms with van der Waals surface area (Å²) >= 11 is 0. The number of nitrogens with one attached hydrogen (secondary N) is 4. The molecule has 0 bridgehead atoms. The molecule has 1 saturated heterocycles. The van der Waals surface area contributed by atoms with Crippen LogP contribution < -0.4 is 20.7 Å². The molecule has 0 unspecified atom stereocenters. The highest BCUT2D eigenvalue weighted by atomic mass is 32.2. The molecular weight excluding hydrogens is 460 g/mol. The molecular formula is C26H36N6O2S. The van der Waals surface area contributed by atoms with E-state index in [0.717, 1.165) is 82.8 Å². The third kappa shape index (κ3) is 7.71. The third-order valence-electron chi connectivity index (χ3n) is 6.08. The molecule has 3 aromatic rings. The average molecular weight is 497 g/mol. The van der Waals surface area contributed by atoms with Gasteiger partial charge in [-0.3, -0.25) is 9.62 Å². The topological polar surface area (TPSA) is 98.4 Å². The Balaban J connectivity index is 1.49. The van der Waals surface area contributed by atoms with Crippen LogP contribution in [-0.2, 0) is 16.6 Å². The second kappa shape index (κ2) is 12.9. The zero-order valence-electron chi connectivity index (χ0n) is 20.2. The number of benzene rings is 2. The maximum absolute atomic E-state index is 12.9. The number of nitrogens with zero attached hydrogens (tertiary/aromatic N) is 2. The van der Waals surface area contributed by atoms with E-state index in [0.29, 0.717) is 11.2 Å². The van der Waals surface area contributed by atoms with Crippen LogP contribution >= 0.6 is 0 Å². The Kier molecular flexibility index (Phi) is 9.44. The van der Waals surface area contributed by atoms with Gasteiger partial charge in [-0.25, -0.2) is 13.4 Å². The molecule has 35 heavy (non-hydrogen) atoms. The second-order valence-electron chi connectivity index (χ2n) is 8.83. The van der Waals surface area contributed by atoms with E-state index in [4.69, 9.17) is 4.98 Å². The maximum Gasteiger partial charge on any atom is 0.261 e. The molecule has 2 heterocycles. The minimum absolute atomic E-state index is 0.232.